The van der Waals surface area contributed by atoms with E-state index in [0.717, 1.165) is 27.3 Å². The highest BCUT2D eigenvalue weighted by atomic mass is 32.2. The summed E-state index contributed by atoms with van der Waals surface area (Å²) in [5.74, 6) is -0.908. The molecule has 0 bridgehead atoms. The maximum Gasteiger partial charge on any atom is 0.297 e. The molecule has 4 aromatic rings. The maximum atomic E-state index is 14.1. The van der Waals surface area contributed by atoms with Gasteiger partial charge < -0.3 is 25.0 Å². The van der Waals surface area contributed by atoms with Crippen LogP contribution in [0.25, 0.3) is 10.4 Å². The molecular formula is C38H42N4O8S2. The number of β-amino-alcohol motifs (C(OH)–C–C–N with tert-alkyl or cyclic N) is 1. The number of aromatic nitrogens is 1. The van der Waals surface area contributed by atoms with E-state index in [2.05, 4.69) is 10.3 Å². The number of amides is 3. The number of hydrogen-bond acceptors (Lipinski definition) is 10. The molecular weight excluding hydrogens is 705 g/mol. The predicted molar refractivity (Wildman–Crippen MR) is 195 cm³/mol. The Morgan fingerprint density at radius 2 is 1.81 bits per heavy atom. The maximum absolute atomic E-state index is 14.1. The summed E-state index contributed by atoms with van der Waals surface area (Å²) in [4.78, 5) is 49.5. The highest BCUT2D eigenvalue weighted by Crippen LogP contribution is 2.33. The Balaban J connectivity index is 1.15. The standard InChI is InChI=1S/C38H42N4O8S2/c1-23(2)34(42-20-28-7-5-6-8-31(28)37(42)45)38(46)41-21-29(43)18-32(41)36(44)39-19-27-12-11-26(35-25(4)40-22-51-35)17-33(27)49-15-16-50-52(47,48)30-13-9-24(3)10-14-30/h5-14,17,22-23,29,32,34,43H,15-16,18-21H2,1-4H3,(H,39,44)/t29-,32+,34+/m1/s1. The quantitative estimate of drug-likeness (QED) is 0.149. The zero-order valence-corrected chi connectivity index (χ0v) is 31.1. The van der Waals surface area contributed by atoms with Crippen molar-refractivity contribution in [2.45, 2.75) is 70.3 Å². The van der Waals surface area contributed by atoms with Crippen molar-refractivity contribution in [3.8, 4) is 16.2 Å². The van der Waals surface area contributed by atoms with Crippen LogP contribution in [0.4, 0.5) is 0 Å². The van der Waals surface area contributed by atoms with E-state index in [-0.39, 0.29) is 55.4 Å². The first kappa shape index (κ1) is 37.1. The van der Waals surface area contributed by atoms with Crippen LogP contribution in [-0.4, -0.2) is 84.0 Å². The Morgan fingerprint density at radius 3 is 2.50 bits per heavy atom. The molecule has 0 unspecified atom stereocenters. The van der Waals surface area contributed by atoms with Crippen LogP contribution in [-0.2, 0) is 37.0 Å². The zero-order chi connectivity index (χ0) is 37.2. The largest absolute Gasteiger partial charge is 0.491 e. The Hall–Kier alpha value is -4.63. The fraction of sp³-hybridized carbons (Fsp3) is 0.368. The number of nitrogens with zero attached hydrogens (tertiary/aromatic N) is 3. The van der Waals surface area contributed by atoms with Gasteiger partial charge in [0.25, 0.3) is 16.0 Å². The van der Waals surface area contributed by atoms with E-state index in [1.165, 1.54) is 28.4 Å². The summed E-state index contributed by atoms with van der Waals surface area (Å²) in [5.41, 5.74) is 6.36. The first-order valence-corrected chi connectivity index (χ1v) is 19.4. The van der Waals surface area contributed by atoms with Gasteiger partial charge in [-0.1, -0.05) is 61.9 Å². The lowest BCUT2D eigenvalue weighted by Crippen LogP contribution is -2.55. The summed E-state index contributed by atoms with van der Waals surface area (Å²) >= 11 is 1.47. The molecule has 1 saturated heterocycles. The van der Waals surface area contributed by atoms with Gasteiger partial charge in [-0.3, -0.25) is 18.6 Å². The Bertz CT molecular complexity index is 2060. The molecule has 0 aliphatic carbocycles. The first-order valence-electron chi connectivity index (χ1n) is 17.1. The predicted octanol–water partition coefficient (Wildman–Crippen LogP) is 4.47. The van der Waals surface area contributed by atoms with Gasteiger partial charge in [-0.2, -0.15) is 8.42 Å². The molecule has 6 rings (SSSR count). The number of rotatable bonds is 13. The average Bonchev–Trinajstić information content (AvgIpc) is 3.82. The minimum Gasteiger partial charge on any atom is -0.491 e. The molecule has 52 heavy (non-hydrogen) atoms. The number of carbonyl (C=O) groups excluding carboxylic acids is 3. The van der Waals surface area contributed by atoms with E-state index in [1.807, 2.05) is 58.0 Å². The van der Waals surface area contributed by atoms with Crippen LogP contribution < -0.4 is 10.1 Å². The van der Waals surface area contributed by atoms with Crippen LogP contribution in [0.3, 0.4) is 0 Å². The number of hydrogen-bond donors (Lipinski definition) is 2. The molecule has 1 aromatic heterocycles. The zero-order valence-electron chi connectivity index (χ0n) is 29.4. The molecule has 3 amide bonds. The van der Waals surface area contributed by atoms with Gasteiger partial charge in [-0.15, -0.1) is 11.3 Å². The van der Waals surface area contributed by atoms with Gasteiger partial charge in [0.15, 0.2) is 0 Å². The molecule has 2 aliphatic heterocycles. The highest BCUT2D eigenvalue weighted by Gasteiger charge is 2.45. The molecule has 12 nitrogen and oxygen atoms in total. The molecule has 0 spiro atoms. The van der Waals surface area contributed by atoms with Crippen molar-refractivity contribution >= 4 is 39.2 Å². The van der Waals surface area contributed by atoms with Crippen molar-refractivity contribution in [3.63, 3.8) is 0 Å². The van der Waals surface area contributed by atoms with Gasteiger partial charge in [0.2, 0.25) is 11.8 Å². The summed E-state index contributed by atoms with van der Waals surface area (Å²) in [6.07, 6.45) is -0.855. The fourth-order valence-corrected chi connectivity index (χ4v) is 8.37. The summed E-state index contributed by atoms with van der Waals surface area (Å²) < 4.78 is 36.7. The van der Waals surface area contributed by atoms with Crippen molar-refractivity contribution in [1.29, 1.82) is 0 Å². The number of ether oxygens (including phenoxy) is 1. The van der Waals surface area contributed by atoms with Crippen molar-refractivity contribution < 1.29 is 36.8 Å². The Labute approximate surface area is 307 Å². The van der Waals surface area contributed by atoms with Gasteiger partial charge in [0.05, 0.1) is 27.1 Å². The number of likely N-dealkylation sites (tertiary alicyclic amines) is 1. The normalized spacial score (nSPS) is 17.8. The van der Waals surface area contributed by atoms with Crippen LogP contribution in [0, 0.1) is 19.8 Å². The molecule has 3 heterocycles. The number of benzene rings is 3. The van der Waals surface area contributed by atoms with Gasteiger partial charge >= 0.3 is 0 Å². The van der Waals surface area contributed by atoms with E-state index in [1.54, 1.807) is 34.7 Å². The van der Waals surface area contributed by atoms with Gasteiger partial charge in [-0.05, 0) is 55.2 Å². The molecule has 2 N–H and O–H groups in total. The van der Waals surface area contributed by atoms with Crippen LogP contribution in [0.1, 0.15) is 53.0 Å². The molecule has 274 valence electrons. The van der Waals surface area contributed by atoms with Crippen molar-refractivity contribution in [2.75, 3.05) is 19.8 Å². The second-order valence-corrected chi connectivity index (χ2v) is 15.9. The smallest absolute Gasteiger partial charge is 0.297 e. The van der Waals surface area contributed by atoms with Crippen LogP contribution in [0.2, 0.25) is 0 Å². The van der Waals surface area contributed by atoms with Crippen molar-refractivity contribution in [2.24, 2.45) is 5.92 Å². The van der Waals surface area contributed by atoms with Crippen molar-refractivity contribution in [3.05, 3.63) is 100 Å². The third-order valence-electron chi connectivity index (χ3n) is 9.35. The van der Waals surface area contributed by atoms with Crippen LogP contribution in [0.15, 0.2) is 77.1 Å². The number of carbonyl (C=O) groups is 3. The number of nitrogens with one attached hydrogen (secondary N) is 1. The molecule has 1 fully saturated rings. The van der Waals surface area contributed by atoms with E-state index < -0.39 is 34.2 Å². The summed E-state index contributed by atoms with van der Waals surface area (Å²) in [5, 5.41) is 13.6. The lowest BCUT2D eigenvalue weighted by molar-refractivity contribution is -0.143. The minimum atomic E-state index is -3.99. The van der Waals surface area contributed by atoms with Gasteiger partial charge in [-0.25, -0.2) is 4.98 Å². The molecule has 14 heteroatoms. The Morgan fingerprint density at radius 1 is 1.06 bits per heavy atom. The third-order valence-corrected chi connectivity index (χ3v) is 11.7. The highest BCUT2D eigenvalue weighted by molar-refractivity contribution is 7.86. The molecule has 3 aromatic carbocycles. The van der Waals surface area contributed by atoms with Gasteiger partial charge in [0.1, 0.15) is 31.0 Å². The van der Waals surface area contributed by atoms with E-state index >= 15 is 0 Å². The molecule has 0 radical (unpaired) electrons. The second kappa shape index (κ2) is 15.5. The lowest BCUT2D eigenvalue weighted by Gasteiger charge is -2.35. The summed E-state index contributed by atoms with van der Waals surface area (Å²) in [7, 11) is -3.99. The topological polar surface area (TPSA) is 155 Å². The molecule has 3 atom stereocenters. The lowest BCUT2D eigenvalue weighted by atomic mass is 10.0. The van der Waals surface area contributed by atoms with Crippen LogP contribution >= 0.6 is 11.3 Å². The van der Waals surface area contributed by atoms with Crippen LogP contribution in [0.5, 0.6) is 5.75 Å². The average molecular weight is 747 g/mol. The fourth-order valence-electron chi connectivity index (χ4n) is 6.68. The number of thiazole rings is 1. The minimum absolute atomic E-state index is 0.0286. The monoisotopic (exact) mass is 746 g/mol. The Kier molecular flexibility index (Phi) is 11.1. The SMILES string of the molecule is Cc1ccc(S(=O)(=O)OCCOc2cc(-c3scnc3C)ccc2CNC(=O)[C@@H]2C[C@@H](O)CN2C(=O)[C@H](C(C)C)N2Cc3ccccc3C2=O)cc1. The number of fused-ring (bicyclic) bond motifs is 1. The second-order valence-electron chi connectivity index (χ2n) is 13.4. The van der Waals surface area contributed by atoms with Gasteiger partial charge in [0, 0.05) is 37.2 Å². The first-order chi connectivity index (χ1) is 24.8. The van der Waals surface area contributed by atoms with E-state index in [9.17, 15) is 27.9 Å². The number of aliphatic hydroxyl groups excluding tert-OH is 1. The van der Waals surface area contributed by atoms with E-state index in [0.29, 0.717) is 23.4 Å². The summed E-state index contributed by atoms with van der Waals surface area (Å²) in [6.45, 7) is 7.44. The van der Waals surface area contributed by atoms with Crippen molar-refractivity contribution in [1.82, 2.24) is 20.1 Å². The molecule has 0 saturated carbocycles. The number of aliphatic hydroxyl groups is 1. The van der Waals surface area contributed by atoms with E-state index in [4.69, 9.17) is 8.92 Å². The third kappa shape index (κ3) is 7.89. The summed E-state index contributed by atoms with van der Waals surface area (Å²) in [6, 6.07) is 17.4. The molecule has 2 aliphatic rings. The number of aryl methyl sites for hydroxylation is 2.